The highest BCUT2D eigenvalue weighted by Gasteiger charge is 2.22. The average Bonchev–Trinajstić information content (AvgIpc) is 3.55. The predicted octanol–water partition coefficient (Wildman–Crippen LogP) is 3.33. The van der Waals surface area contributed by atoms with Gasteiger partial charge < -0.3 is 4.57 Å². The molecule has 10 nitrogen and oxygen atoms in total. The number of hydrogen-bond acceptors (Lipinski definition) is 6. The first-order valence-electron chi connectivity index (χ1n) is 12.0. The first kappa shape index (κ1) is 23.4. The molecule has 184 valence electrons. The van der Waals surface area contributed by atoms with E-state index >= 15 is 0 Å². The summed E-state index contributed by atoms with van der Waals surface area (Å²) in [5.74, 6) is 1.47. The molecular formula is C26H28N8O2. The molecule has 0 unspecified atom stereocenters. The second-order valence-corrected chi connectivity index (χ2v) is 9.17. The molecule has 0 fully saturated rings. The zero-order chi connectivity index (χ0) is 25.4. The molecular weight excluding hydrogens is 456 g/mol. The van der Waals surface area contributed by atoms with E-state index in [0.717, 1.165) is 34.5 Å². The molecule has 0 atom stereocenters. The molecule has 3 heterocycles. The fourth-order valence-corrected chi connectivity index (χ4v) is 4.59. The average molecular weight is 485 g/mol. The van der Waals surface area contributed by atoms with E-state index in [9.17, 15) is 9.59 Å². The van der Waals surface area contributed by atoms with Gasteiger partial charge in [0.2, 0.25) is 0 Å². The van der Waals surface area contributed by atoms with Crippen LogP contribution in [0.1, 0.15) is 44.5 Å². The van der Waals surface area contributed by atoms with E-state index in [0.29, 0.717) is 30.1 Å². The molecule has 36 heavy (non-hydrogen) atoms. The molecule has 0 spiro atoms. The number of hydrogen-bond donors (Lipinski definition) is 1. The van der Waals surface area contributed by atoms with E-state index < -0.39 is 0 Å². The maximum absolute atomic E-state index is 13.2. The Labute approximate surface area is 207 Å². The first-order valence-corrected chi connectivity index (χ1v) is 12.0. The minimum Gasteiger partial charge on any atom is -0.317 e. The summed E-state index contributed by atoms with van der Waals surface area (Å²) >= 11 is 0. The molecule has 3 aromatic heterocycles. The first-order chi connectivity index (χ1) is 17.4. The number of aromatic nitrogens is 8. The van der Waals surface area contributed by atoms with Gasteiger partial charge in [-0.1, -0.05) is 69.3 Å². The van der Waals surface area contributed by atoms with Crippen LogP contribution in [0.15, 0.2) is 58.1 Å². The van der Waals surface area contributed by atoms with Gasteiger partial charge in [-0.2, -0.15) is 0 Å². The van der Waals surface area contributed by atoms with Gasteiger partial charge in [0, 0.05) is 31.6 Å². The number of tetrazole rings is 1. The van der Waals surface area contributed by atoms with Gasteiger partial charge in [0.15, 0.2) is 17.0 Å². The lowest BCUT2D eigenvalue weighted by molar-refractivity contribution is 0.609. The Hall–Kier alpha value is -4.34. The largest absolute Gasteiger partial charge is 0.332 e. The zero-order valence-electron chi connectivity index (χ0n) is 20.8. The Morgan fingerprint density at radius 3 is 2.33 bits per heavy atom. The summed E-state index contributed by atoms with van der Waals surface area (Å²) in [6.07, 6.45) is 0.768. The quantitative estimate of drug-likeness (QED) is 0.379. The Bertz CT molecular complexity index is 1640. The van der Waals surface area contributed by atoms with Gasteiger partial charge in [-0.15, -0.1) is 5.10 Å². The van der Waals surface area contributed by atoms with Gasteiger partial charge in [0.25, 0.3) is 5.56 Å². The molecule has 0 aliphatic carbocycles. The van der Waals surface area contributed by atoms with Crippen LogP contribution in [-0.2, 0) is 20.1 Å². The third-order valence-electron chi connectivity index (χ3n) is 6.36. The van der Waals surface area contributed by atoms with Crippen molar-refractivity contribution in [2.45, 2.75) is 46.2 Å². The van der Waals surface area contributed by atoms with Gasteiger partial charge in [0.05, 0.1) is 0 Å². The van der Waals surface area contributed by atoms with Crippen molar-refractivity contribution in [3.05, 3.63) is 80.8 Å². The van der Waals surface area contributed by atoms with Crippen molar-refractivity contribution in [2.75, 3.05) is 0 Å². The highest BCUT2D eigenvalue weighted by atomic mass is 16.2. The number of aromatic amines is 1. The SMILES string of the molecule is CCCn1c(=O)n(C)c(=O)c2c1nc(C(C)C)n2Cc1ccc(-c2ccccc2-c2nnn[nH]2)cc1. The number of nitrogens with one attached hydrogen (secondary N) is 1. The number of imidazole rings is 1. The normalized spacial score (nSPS) is 11.6. The highest BCUT2D eigenvalue weighted by Crippen LogP contribution is 2.30. The molecule has 0 radical (unpaired) electrons. The van der Waals surface area contributed by atoms with E-state index in [4.69, 9.17) is 4.98 Å². The van der Waals surface area contributed by atoms with E-state index in [1.54, 1.807) is 4.57 Å². The molecule has 5 aromatic rings. The molecule has 0 saturated heterocycles. The number of nitrogens with zero attached hydrogens (tertiary/aromatic N) is 7. The van der Waals surface area contributed by atoms with E-state index in [-0.39, 0.29) is 17.2 Å². The Balaban J connectivity index is 1.58. The van der Waals surface area contributed by atoms with Gasteiger partial charge in [0.1, 0.15) is 5.82 Å². The molecule has 0 aliphatic rings. The second kappa shape index (κ2) is 9.37. The number of benzene rings is 2. The maximum Gasteiger partial charge on any atom is 0.332 e. The van der Waals surface area contributed by atoms with Crippen molar-refractivity contribution in [1.82, 2.24) is 39.3 Å². The Morgan fingerprint density at radius 1 is 0.972 bits per heavy atom. The van der Waals surface area contributed by atoms with Crippen molar-refractivity contribution in [3.63, 3.8) is 0 Å². The third-order valence-corrected chi connectivity index (χ3v) is 6.36. The minimum atomic E-state index is -0.334. The second-order valence-electron chi connectivity index (χ2n) is 9.17. The van der Waals surface area contributed by atoms with Crippen molar-refractivity contribution >= 4 is 11.2 Å². The van der Waals surface area contributed by atoms with Crippen LogP contribution in [-0.4, -0.2) is 39.3 Å². The lowest BCUT2D eigenvalue weighted by Crippen LogP contribution is -2.38. The standard InChI is InChI=1S/C26H28N8O2/c1-5-14-33-24-21(25(35)32(4)26(33)36)34(23(27-24)16(2)3)15-17-10-12-18(13-11-17)19-8-6-7-9-20(19)22-28-30-31-29-22/h6-13,16H,5,14-15H2,1-4H3,(H,28,29,30,31). The van der Waals surface area contributed by atoms with Crippen LogP contribution in [0.3, 0.4) is 0 Å². The van der Waals surface area contributed by atoms with Crippen LogP contribution in [0.2, 0.25) is 0 Å². The number of H-pyrrole nitrogens is 1. The summed E-state index contributed by atoms with van der Waals surface area (Å²) in [6, 6.07) is 16.1. The van der Waals surface area contributed by atoms with Crippen LogP contribution < -0.4 is 11.2 Å². The number of rotatable bonds is 7. The summed E-state index contributed by atoms with van der Waals surface area (Å²) in [5.41, 5.74) is 4.23. The van der Waals surface area contributed by atoms with Crippen molar-refractivity contribution < 1.29 is 0 Å². The summed E-state index contributed by atoms with van der Waals surface area (Å²) in [4.78, 5) is 30.8. The zero-order valence-corrected chi connectivity index (χ0v) is 20.8. The topological polar surface area (TPSA) is 116 Å². The molecule has 1 N–H and O–H groups in total. The van der Waals surface area contributed by atoms with Crippen LogP contribution in [0.4, 0.5) is 0 Å². The summed E-state index contributed by atoms with van der Waals surface area (Å²) in [5, 5.41) is 14.3. The smallest absolute Gasteiger partial charge is 0.317 e. The number of aryl methyl sites for hydroxylation is 1. The fraction of sp³-hybridized carbons (Fsp3) is 0.308. The van der Waals surface area contributed by atoms with Gasteiger partial charge in [-0.25, -0.2) is 14.9 Å². The Morgan fingerprint density at radius 2 is 1.69 bits per heavy atom. The molecule has 0 saturated carbocycles. The molecule has 0 aliphatic heterocycles. The lowest BCUT2D eigenvalue weighted by atomic mass is 9.98. The summed E-state index contributed by atoms with van der Waals surface area (Å²) < 4.78 is 4.74. The van der Waals surface area contributed by atoms with Crippen molar-refractivity contribution in [1.29, 1.82) is 0 Å². The Kier molecular flexibility index (Phi) is 6.09. The van der Waals surface area contributed by atoms with E-state index in [1.165, 1.54) is 11.6 Å². The minimum absolute atomic E-state index is 0.0777. The van der Waals surface area contributed by atoms with Gasteiger partial charge in [-0.05, 0) is 33.5 Å². The monoisotopic (exact) mass is 484 g/mol. The molecule has 0 bridgehead atoms. The maximum atomic E-state index is 13.2. The van der Waals surface area contributed by atoms with Gasteiger partial charge in [-0.3, -0.25) is 13.9 Å². The van der Waals surface area contributed by atoms with Crippen LogP contribution in [0.5, 0.6) is 0 Å². The summed E-state index contributed by atoms with van der Waals surface area (Å²) in [7, 11) is 1.53. The molecule has 10 heteroatoms. The highest BCUT2D eigenvalue weighted by molar-refractivity contribution is 5.80. The van der Waals surface area contributed by atoms with E-state index in [2.05, 4.69) is 32.8 Å². The van der Waals surface area contributed by atoms with E-state index in [1.807, 2.05) is 61.7 Å². The van der Waals surface area contributed by atoms with Crippen LogP contribution in [0.25, 0.3) is 33.7 Å². The van der Waals surface area contributed by atoms with Crippen molar-refractivity contribution in [3.8, 4) is 22.5 Å². The fourth-order valence-electron chi connectivity index (χ4n) is 4.59. The molecule has 0 amide bonds. The summed E-state index contributed by atoms with van der Waals surface area (Å²) in [6.45, 7) is 7.07. The van der Waals surface area contributed by atoms with Crippen molar-refractivity contribution in [2.24, 2.45) is 7.05 Å². The van der Waals surface area contributed by atoms with Crippen LogP contribution >= 0.6 is 0 Å². The molecule has 5 rings (SSSR count). The van der Waals surface area contributed by atoms with Gasteiger partial charge >= 0.3 is 5.69 Å². The third kappa shape index (κ3) is 3.94. The molecule has 2 aromatic carbocycles. The van der Waals surface area contributed by atoms with Crippen LogP contribution in [0, 0.1) is 0 Å². The number of fused-ring (bicyclic) bond motifs is 1. The predicted molar refractivity (Wildman–Crippen MR) is 138 cm³/mol. The lowest BCUT2D eigenvalue weighted by Gasteiger charge is -2.13.